The van der Waals surface area contributed by atoms with Crippen molar-refractivity contribution in [1.29, 1.82) is 0 Å². The Kier molecular flexibility index (Phi) is 4.76. The first kappa shape index (κ1) is 19.3. The van der Waals surface area contributed by atoms with Gasteiger partial charge in [-0.1, -0.05) is 12.1 Å². The molecule has 1 atom stereocenters. The maximum absolute atomic E-state index is 5.15. The van der Waals surface area contributed by atoms with E-state index in [4.69, 9.17) is 9.97 Å². The van der Waals surface area contributed by atoms with Gasteiger partial charge in [-0.25, -0.2) is 19.9 Å². The number of pyridine rings is 2. The van der Waals surface area contributed by atoms with Crippen LogP contribution in [0.25, 0.3) is 26.7 Å². The highest BCUT2D eigenvalue weighted by Crippen LogP contribution is 2.38. The summed E-state index contributed by atoms with van der Waals surface area (Å²) in [7, 11) is 0. The molecule has 158 valence electrons. The molecular formula is C25H22N6S. The highest BCUT2D eigenvalue weighted by Gasteiger charge is 2.35. The van der Waals surface area contributed by atoms with E-state index in [-0.39, 0.29) is 0 Å². The van der Waals surface area contributed by atoms with E-state index in [0.717, 1.165) is 57.9 Å². The van der Waals surface area contributed by atoms with Crippen LogP contribution >= 0.6 is 11.3 Å². The van der Waals surface area contributed by atoms with Gasteiger partial charge in [-0.15, -0.1) is 11.3 Å². The number of thiazole rings is 1. The zero-order valence-corrected chi connectivity index (χ0v) is 18.6. The maximum atomic E-state index is 5.15. The fourth-order valence-electron chi connectivity index (χ4n) is 4.29. The lowest BCUT2D eigenvalue weighted by atomic mass is 9.90. The van der Waals surface area contributed by atoms with Crippen LogP contribution in [-0.4, -0.2) is 37.5 Å². The molecule has 1 saturated heterocycles. The Morgan fingerprint density at radius 1 is 1.03 bits per heavy atom. The summed E-state index contributed by atoms with van der Waals surface area (Å²) >= 11 is 1.68. The Balaban J connectivity index is 1.32. The highest BCUT2D eigenvalue weighted by molar-refractivity contribution is 7.18. The average molecular weight is 439 g/mol. The fraction of sp³-hybridized carbons (Fsp3) is 0.240. The Morgan fingerprint density at radius 3 is 2.78 bits per heavy atom. The molecule has 1 aliphatic carbocycles. The number of anilines is 1. The van der Waals surface area contributed by atoms with Crippen LogP contribution in [0.2, 0.25) is 0 Å². The number of fused-ring (bicyclic) bond motifs is 1. The number of hydrogen-bond donors (Lipinski definition) is 0. The van der Waals surface area contributed by atoms with Gasteiger partial charge in [-0.3, -0.25) is 4.98 Å². The van der Waals surface area contributed by atoms with Crippen LogP contribution in [0.3, 0.4) is 0 Å². The molecule has 0 saturated carbocycles. The van der Waals surface area contributed by atoms with Gasteiger partial charge in [0.1, 0.15) is 5.01 Å². The van der Waals surface area contributed by atoms with Gasteiger partial charge in [0.15, 0.2) is 0 Å². The number of allylic oxidation sites excluding steroid dienone is 1. The third kappa shape index (κ3) is 3.58. The van der Waals surface area contributed by atoms with Crippen LogP contribution in [0.15, 0.2) is 61.2 Å². The van der Waals surface area contributed by atoms with E-state index in [9.17, 15) is 0 Å². The normalized spacial score (nSPS) is 18.6. The van der Waals surface area contributed by atoms with E-state index in [2.05, 4.69) is 45.0 Å². The van der Waals surface area contributed by atoms with Crippen LogP contribution < -0.4 is 4.90 Å². The summed E-state index contributed by atoms with van der Waals surface area (Å²) in [6.45, 7) is 3.02. The van der Waals surface area contributed by atoms with Crippen LogP contribution in [0.4, 0.5) is 5.95 Å². The molecule has 2 aliphatic rings. The summed E-state index contributed by atoms with van der Waals surface area (Å²) in [6.07, 6.45) is 12.9. The number of nitrogens with zero attached hydrogens (tertiary/aromatic N) is 6. The summed E-state index contributed by atoms with van der Waals surface area (Å²) in [6, 6.07) is 10.6. The molecule has 1 unspecified atom stereocenters. The summed E-state index contributed by atoms with van der Waals surface area (Å²) in [4.78, 5) is 26.3. The van der Waals surface area contributed by atoms with Crippen LogP contribution in [0.1, 0.15) is 29.8 Å². The zero-order chi connectivity index (χ0) is 21.5. The van der Waals surface area contributed by atoms with Crippen molar-refractivity contribution in [3.8, 4) is 21.1 Å². The molecule has 32 heavy (non-hydrogen) atoms. The third-order valence-corrected chi connectivity index (χ3v) is 7.20. The highest BCUT2D eigenvalue weighted by atomic mass is 32.1. The first-order valence-electron chi connectivity index (χ1n) is 10.9. The standard InChI is InChI=1S/C25H22N6S/c1-16-23(32-24(29-16)19-7-3-10-26-14-19)21-9-8-17-5-2-6-18(22(17)30-21)13-20-15-31(20)25-27-11-4-12-28-25/h3-4,7-14,20H,2,5-6,15H2,1H3. The first-order valence-corrected chi connectivity index (χ1v) is 11.7. The van der Waals surface area contributed by atoms with Gasteiger partial charge in [0.2, 0.25) is 5.95 Å². The minimum absolute atomic E-state index is 0.353. The molecule has 0 N–H and O–H groups in total. The predicted molar refractivity (Wildman–Crippen MR) is 127 cm³/mol. The number of hydrogen-bond acceptors (Lipinski definition) is 7. The van der Waals surface area contributed by atoms with E-state index < -0.39 is 0 Å². The molecule has 0 bridgehead atoms. The molecule has 0 spiro atoms. The molecular weight excluding hydrogens is 416 g/mol. The monoisotopic (exact) mass is 438 g/mol. The van der Waals surface area contributed by atoms with Crippen molar-refractivity contribution < 1.29 is 0 Å². The Bertz CT molecular complexity index is 1300. The van der Waals surface area contributed by atoms with Gasteiger partial charge in [0, 0.05) is 36.9 Å². The van der Waals surface area contributed by atoms with Crippen molar-refractivity contribution in [2.45, 2.75) is 32.2 Å². The summed E-state index contributed by atoms with van der Waals surface area (Å²) in [5.41, 5.74) is 6.88. The van der Waals surface area contributed by atoms with Crippen molar-refractivity contribution in [1.82, 2.24) is 24.9 Å². The van der Waals surface area contributed by atoms with E-state index >= 15 is 0 Å². The van der Waals surface area contributed by atoms with Crippen molar-refractivity contribution >= 4 is 22.9 Å². The molecule has 1 aliphatic heterocycles. The molecule has 4 aromatic heterocycles. The molecule has 0 aromatic carbocycles. The molecule has 6 nitrogen and oxygen atoms in total. The lowest BCUT2D eigenvalue weighted by molar-refractivity contribution is 0.807. The molecule has 7 heteroatoms. The minimum atomic E-state index is 0.353. The quantitative estimate of drug-likeness (QED) is 0.419. The number of aromatic nitrogens is 5. The van der Waals surface area contributed by atoms with E-state index in [0.29, 0.717) is 6.04 Å². The molecule has 4 aromatic rings. The summed E-state index contributed by atoms with van der Waals surface area (Å²) in [5, 5.41) is 0.984. The van der Waals surface area contributed by atoms with Gasteiger partial charge in [0.05, 0.1) is 28.0 Å². The lowest BCUT2D eigenvalue weighted by Crippen LogP contribution is -2.07. The van der Waals surface area contributed by atoms with Crippen LogP contribution in [0, 0.1) is 6.92 Å². The second-order valence-corrected chi connectivity index (χ2v) is 9.19. The first-order chi connectivity index (χ1) is 15.8. The fourth-order valence-corrected chi connectivity index (χ4v) is 5.32. The third-order valence-electron chi connectivity index (χ3n) is 5.97. The number of aryl methyl sites for hydroxylation is 2. The second-order valence-electron chi connectivity index (χ2n) is 8.19. The van der Waals surface area contributed by atoms with Gasteiger partial charge < -0.3 is 4.90 Å². The van der Waals surface area contributed by atoms with E-state index in [1.165, 1.54) is 17.6 Å². The van der Waals surface area contributed by atoms with E-state index in [1.807, 2.05) is 24.4 Å². The topological polar surface area (TPSA) is 67.5 Å². The molecule has 1 fully saturated rings. The molecule has 0 amide bonds. The Morgan fingerprint density at radius 2 is 1.94 bits per heavy atom. The molecule has 0 radical (unpaired) electrons. The van der Waals surface area contributed by atoms with Crippen molar-refractivity contribution in [3.05, 3.63) is 78.1 Å². The smallest absolute Gasteiger partial charge is 0.225 e. The molecule has 5 heterocycles. The van der Waals surface area contributed by atoms with Crippen molar-refractivity contribution in [2.24, 2.45) is 0 Å². The van der Waals surface area contributed by atoms with Crippen molar-refractivity contribution in [2.75, 3.05) is 11.4 Å². The van der Waals surface area contributed by atoms with Gasteiger partial charge >= 0.3 is 0 Å². The summed E-state index contributed by atoms with van der Waals surface area (Å²) < 4.78 is 0. The minimum Gasteiger partial charge on any atom is -0.330 e. The van der Waals surface area contributed by atoms with E-state index in [1.54, 1.807) is 29.9 Å². The zero-order valence-electron chi connectivity index (χ0n) is 17.8. The van der Waals surface area contributed by atoms with Crippen molar-refractivity contribution in [3.63, 3.8) is 0 Å². The van der Waals surface area contributed by atoms with Gasteiger partial charge in [-0.2, -0.15) is 0 Å². The second kappa shape index (κ2) is 7.91. The average Bonchev–Trinajstić information content (AvgIpc) is 3.51. The SMILES string of the molecule is Cc1nc(-c2cccnc2)sc1-c1ccc2c(n1)C(=CC1CN1c1ncccn1)CCC2. The lowest BCUT2D eigenvalue weighted by Gasteiger charge is -2.19. The van der Waals surface area contributed by atoms with Crippen LogP contribution in [0.5, 0.6) is 0 Å². The molecule has 6 rings (SSSR count). The Hall–Kier alpha value is -3.45. The van der Waals surface area contributed by atoms with Crippen LogP contribution in [-0.2, 0) is 6.42 Å². The predicted octanol–water partition coefficient (Wildman–Crippen LogP) is 4.97. The maximum Gasteiger partial charge on any atom is 0.225 e. The van der Waals surface area contributed by atoms with Gasteiger partial charge in [0.25, 0.3) is 0 Å². The Labute approximate surface area is 190 Å². The number of rotatable bonds is 4. The largest absolute Gasteiger partial charge is 0.330 e. The van der Waals surface area contributed by atoms with Gasteiger partial charge in [-0.05, 0) is 61.6 Å². The summed E-state index contributed by atoms with van der Waals surface area (Å²) in [5.74, 6) is 0.801.